The van der Waals surface area contributed by atoms with Gasteiger partial charge in [-0.15, -0.1) is 0 Å². The maximum atomic E-state index is 9.28. The average molecular weight is 263 g/mol. The summed E-state index contributed by atoms with van der Waals surface area (Å²) < 4.78 is 0. The van der Waals surface area contributed by atoms with Crippen LogP contribution in [0.5, 0.6) is 0 Å². The minimum Gasteiger partial charge on any atom is -0.371 e. The number of aromatic nitrogens is 1. The van der Waals surface area contributed by atoms with Gasteiger partial charge in [0, 0.05) is 18.8 Å². The molecule has 0 aliphatic rings. The summed E-state index contributed by atoms with van der Waals surface area (Å²) in [4.78, 5) is 6.55. The van der Waals surface area contributed by atoms with Crippen molar-refractivity contribution in [3.63, 3.8) is 0 Å². The zero-order valence-electron chi connectivity index (χ0n) is 11.8. The van der Waals surface area contributed by atoms with Gasteiger partial charge in [-0.05, 0) is 45.3 Å². The summed E-state index contributed by atoms with van der Waals surface area (Å²) in [5, 5.41) is 9.28. The second-order valence-electron chi connectivity index (χ2n) is 4.60. The normalized spacial score (nSPS) is 12.0. The Hall–Kier alpha value is -1.21. The summed E-state index contributed by atoms with van der Waals surface area (Å²) >= 11 is 1.85. The minimum atomic E-state index is 0.422. The molecule has 0 aliphatic heterocycles. The molecule has 0 aromatic carbocycles. The molecule has 1 aromatic rings. The number of pyridine rings is 1. The molecule has 1 aromatic heterocycles. The van der Waals surface area contributed by atoms with E-state index in [4.69, 9.17) is 0 Å². The Morgan fingerprint density at radius 2 is 2.17 bits per heavy atom. The summed E-state index contributed by atoms with van der Waals surface area (Å²) in [7, 11) is 2.06. The summed E-state index contributed by atoms with van der Waals surface area (Å²) in [6, 6.07) is 4.70. The van der Waals surface area contributed by atoms with Crippen LogP contribution in [0, 0.1) is 25.2 Å². The van der Waals surface area contributed by atoms with E-state index < -0.39 is 0 Å². The van der Waals surface area contributed by atoms with Crippen molar-refractivity contribution >= 4 is 17.4 Å². The van der Waals surface area contributed by atoms with E-state index in [-0.39, 0.29) is 0 Å². The molecule has 1 heterocycles. The number of anilines is 1. The lowest BCUT2D eigenvalue weighted by atomic mass is 10.1. The molecular weight excluding hydrogens is 242 g/mol. The molecule has 0 aliphatic carbocycles. The SMILES string of the molecule is CSCCC(C)N(C)c1cc(C)nc(C)c1C#N. The zero-order valence-corrected chi connectivity index (χ0v) is 12.6. The van der Waals surface area contributed by atoms with Gasteiger partial charge in [-0.3, -0.25) is 4.98 Å². The van der Waals surface area contributed by atoms with Crippen molar-refractivity contribution in [3.05, 3.63) is 23.0 Å². The Bertz CT molecular complexity index is 451. The first-order valence-electron chi connectivity index (χ1n) is 6.11. The first kappa shape index (κ1) is 14.8. The van der Waals surface area contributed by atoms with E-state index in [9.17, 15) is 5.26 Å². The summed E-state index contributed by atoms with van der Waals surface area (Å²) in [5.41, 5.74) is 3.47. The van der Waals surface area contributed by atoms with Crippen molar-refractivity contribution < 1.29 is 0 Å². The Morgan fingerprint density at radius 1 is 1.50 bits per heavy atom. The Morgan fingerprint density at radius 3 is 2.72 bits per heavy atom. The van der Waals surface area contributed by atoms with E-state index in [0.29, 0.717) is 11.6 Å². The van der Waals surface area contributed by atoms with Crippen molar-refractivity contribution in [2.24, 2.45) is 0 Å². The molecule has 18 heavy (non-hydrogen) atoms. The van der Waals surface area contributed by atoms with Crippen LogP contribution >= 0.6 is 11.8 Å². The van der Waals surface area contributed by atoms with Gasteiger partial charge < -0.3 is 4.90 Å². The molecule has 4 heteroatoms. The van der Waals surface area contributed by atoms with Gasteiger partial charge >= 0.3 is 0 Å². The minimum absolute atomic E-state index is 0.422. The highest BCUT2D eigenvalue weighted by Crippen LogP contribution is 2.24. The third-order valence-electron chi connectivity index (χ3n) is 3.20. The third kappa shape index (κ3) is 3.39. The highest BCUT2D eigenvalue weighted by atomic mass is 32.2. The fraction of sp³-hybridized carbons (Fsp3) is 0.571. The van der Waals surface area contributed by atoms with E-state index in [2.05, 4.69) is 36.2 Å². The molecule has 0 spiro atoms. The van der Waals surface area contributed by atoms with Gasteiger partial charge in [-0.1, -0.05) is 0 Å². The van der Waals surface area contributed by atoms with Crippen LogP contribution in [0.25, 0.3) is 0 Å². The lowest BCUT2D eigenvalue weighted by Gasteiger charge is -2.28. The molecule has 3 nitrogen and oxygen atoms in total. The quantitative estimate of drug-likeness (QED) is 0.818. The molecule has 0 fully saturated rings. The molecular formula is C14H21N3S. The fourth-order valence-electron chi connectivity index (χ4n) is 1.94. The number of hydrogen-bond acceptors (Lipinski definition) is 4. The highest BCUT2D eigenvalue weighted by Gasteiger charge is 2.16. The van der Waals surface area contributed by atoms with Crippen LogP contribution in [-0.4, -0.2) is 30.1 Å². The summed E-state index contributed by atoms with van der Waals surface area (Å²) in [6.45, 7) is 6.07. The standard InChI is InChI=1S/C14H21N3S/c1-10-8-14(13(9-15)12(3)16-10)17(4)11(2)6-7-18-5/h8,11H,6-7H2,1-5H3. The van der Waals surface area contributed by atoms with Crippen LogP contribution in [0.2, 0.25) is 0 Å². The van der Waals surface area contributed by atoms with Gasteiger partial charge in [0.1, 0.15) is 6.07 Å². The van der Waals surface area contributed by atoms with E-state index in [1.807, 2.05) is 31.7 Å². The first-order valence-corrected chi connectivity index (χ1v) is 7.50. The van der Waals surface area contributed by atoms with Crippen LogP contribution < -0.4 is 4.90 Å². The van der Waals surface area contributed by atoms with Gasteiger partial charge in [0.05, 0.1) is 16.9 Å². The van der Waals surface area contributed by atoms with Crippen molar-refractivity contribution in [2.75, 3.05) is 24.0 Å². The molecule has 0 bridgehead atoms. The van der Waals surface area contributed by atoms with E-state index in [1.54, 1.807) is 0 Å². The number of nitriles is 1. The molecule has 98 valence electrons. The fourth-order valence-corrected chi connectivity index (χ4v) is 2.52. The number of rotatable bonds is 5. The van der Waals surface area contributed by atoms with Crippen LogP contribution in [0.1, 0.15) is 30.3 Å². The van der Waals surface area contributed by atoms with Crippen molar-refractivity contribution in [1.82, 2.24) is 4.98 Å². The zero-order chi connectivity index (χ0) is 13.7. The van der Waals surface area contributed by atoms with E-state index in [0.717, 1.165) is 29.2 Å². The topological polar surface area (TPSA) is 39.9 Å². The molecule has 1 unspecified atom stereocenters. The second kappa shape index (κ2) is 6.65. The third-order valence-corrected chi connectivity index (χ3v) is 3.84. The monoisotopic (exact) mass is 263 g/mol. The molecule has 0 saturated heterocycles. The lowest BCUT2D eigenvalue weighted by molar-refractivity contribution is 0.667. The van der Waals surface area contributed by atoms with Crippen LogP contribution in [-0.2, 0) is 0 Å². The van der Waals surface area contributed by atoms with Gasteiger partial charge in [-0.25, -0.2) is 0 Å². The largest absolute Gasteiger partial charge is 0.371 e. The Labute approximate surface area is 114 Å². The van der Waals surface area contributed by atoms with E-state index in [1.165, 1.54) is 0 Å². The maximum absolute atomic E-state index is 9.28. The Balaban J connectivity index is 3.05. The van der Waals surface area contributed by atoms with Gasteiger partial charge in [0.15, 0.2) is 0 Å². The highest BCUT2D eigenvalue weighted by molar-refractivity contribution is 7.98. The molecule has 1 atom stereocenters. The summed E-state index contributed by atoms with van der Waals surface area (Å²) in [6.07, 6.45) is 3.23. The Kier molecular flexibility index (Phi) is 5.49. The molecule has 0 saturated carbocycles. The molecule has 0 N–H and O–H groups in total. The van der Waals surface area contributed by atoms with Crippen molar-refractivity contribution in [1.29, 1.82) is 5.26 Å². The summed E-state index contributed by atoms with van der Waals surface area (Å²) in [5.74, 6) is 1.14. The van der Waals surface area contributed by atoms with Gasteiger partial charge in [-0.2, -0.15) is 17.0 Å². The number of thioether (sulfide) groups is 1. The average Bonchev–Trinajstić information content (AvgIpc) is 2.34. The van der Waals surface area contributed by atoms with Crippen molar-refractivity contribution in [2.45, 2.75) is 33.2 Å². The first-order chi connectivity index (χ1) is 8.51. The molecule has 1 rings (SSSR count). The molecule has 0 radical (unpaired) electrons. The lowest BCUT2D eigenvalue weighted by Crippen LogP contribution is -2.30. The maximum Gasteiger partial charge on any atom is 0.103 e. The second-order valence-corrected chi connectivity index (χ2v) is 5.58. The van der Waals surface area contributed by atoms with Crippen molar-refractivity contribution in [3.8, 4) is 6.07 Å². The van der Waals surface area contributed by atoms with Gasteiger partial charge in [0.25, 0.3) is 0 Å². The van der Waals surface area contributed by atoms with Crippen LogP contribution in [0.15, 0.2) is 6.07 Å². The number of hydrogen-bond donors (Lipinski definition) is 0. The van der Waals surface area contributed by atoms with Gasteiger partial charge in [0.2, 0.25) is 0 Å². The number of aryl methyl sites for hydroxylation is 2. The number of nitrogens with zero attached hydrogens (tertiary/aromatic N) is 3. The smallest absolute Gasteiger partial charge is 0.103 e. The predicted octanol–water partition coefficient (Wildman–Crippen LogP) is 3.15. The van der Waals surface area contributed by atoms with Crippen LogP contribution in [0.4, 0.5) is 5.69 Å². The molecule has 0 amide bonds. The van der Waals surface area contributed by atoms with E-state index >= 15 is 0 Å². The predicted molar refractivity (Wildman–Crippen MR) is 79.3 cm³/mol. The van der Waals surface area contributed by atoms with Crippen LogP contribution in [0.3, 0.4) is 0 Å².